The Labute approximate surface area is 187 Å². The smallest absolute Gasteiger partial charge is 0.137 e. The number of imidazole rings is 1. The molecule has 0 unspecified atom stereocenters. The average molecular weight is 445 g/mol. The van der Waals surface area contributed by atoms with Gasteiger partial charge in [-0.25, -0.2) is 9.67 Å². The quantitative estimate of drug-likeness (QED) is 0.367. The summed E-state index contributed by atoms with van der Waals surface area (Å²) in [4.78, 5) is 4.80. The van der Waals surface area contributed by atoms with Gasteiger partial charge in [-0.15, -0.1) is 5.10 Å². The Bertz CT molecular complexity index is 1440. The number of nitriles is 1. The van der Waals surface area contributed by atoms with Crippen molar-refractivity contribution in [2.24, 2.45) is 0 Å². The third-order valence-electron chi connectivity index (χ3n) is 4.93. The lowest BCUT2D eigenvalue weighted by molar-refractivity contribution is 0.650. The molecule has 0 saturated carbocycles. The zero-order valence-electron chi connectivity index (χ0n) is 16.1. The summed E-state index contributed by atoms with van der Waals surface area (Å²) < 4.78 is 3.74. The molecule has 0 aliphatic heterocycles. The van der Waals surface area contributed by atoms with Crippen LogP contribution in [0.15, 0.2) is 73.1 Å². The van der Waals surface area contributed by atoms with Crippen LogP contribution in [0.3, 0.4) is 0 Å². The maximum Gasteiger partial charge on any atom is 0.137 e. The summed E-state index contributed by atoms with van der Waals surface area (Å²) in [5, 5.41) is 18.8. The van der Waals surface area contributed by atoms with E-state index < -0.39 is 0 Å². The van der Waals surface area contributed by atoms with Crippen molar-refractivity contribution in [2.75, 3.05) is 0 Å². The predicted octanol–water partition coefficient (Wildman–Crippen LogP) is 5.49. The fraction of sp³-hybridized carbons (Fsp3) is 0.0435. The summed E-state index contributed by atoms with van der Waals surface area (Å²) in [5.74, 6) is 0. The third kappa shape index (κ3) is 3.66. The molecule has 0 amide bonds. The number of fused-ring (bicyclic) bond motifs is 1. The van der Waals surface area contributed by atoms with E-state index in [0.717, 1.165) is 28.2 Å². The molecule has 5 rings (SSSR count). The number of rotatable bonds is 4. The molecule has 5 aromatic rings. The lowest BCUT2D eigenvalue weighted by Gasteiger charge is -2.03. The number of pyridine rings is 1. The van der Waals surface area contributed by atoms with E-state index in [2.05, 4.69) is 16.4 Å². The van der Waals surface area contributed by atoms with Crippen LogP contribution in [0.1, 0.15) is 11.1 Å². The van der Waals surface area contributed by atoms with Crippen LogP contribution in [0.4, 0.5) is 0 Å². The van der Waals surface area contributed by atoms with Crippen LogP contribution in [0.2, 0.25) is 10.0 Å². The average Bonchev–Trinajstić information content (AvgIpc) is 3.40. The predicted molar refractivity (Wildman–Crippen MR) is 120 cm³/mol. The number of benzene rings is 2. The second-order valence-electron chi connectivity index (χ2n) is 6.98. The summed E-state index contributed by atoms with van der Waals surface area (Å²) in [6.07, 6.45) is 3.83. The first kappa shape index (κ1) is 19.3. The molecule has 0 aliphatic carbocycles. The van der Waals surface area contributed by atoms with Gasteiger partial charge in [-0.1, -0.05) is 52.7 Å². The van der Waals surface area contributed by atoms with Crippen LogP contribution < -0.4 is 0 Å². The van der Waals surface area contributed by atoms with Crippen molar-refractivity contribution in [3.8, 4) is 28.7 Å². The van der Waals surface area contributed by atoms with E-state index in [1.165, 1.54) is 0 Å². The Morgan fingerprint density at radius 2 is 1.81 bits per heavy atom. The van der Waals surface area contributed by atoms with Gasteiger partial charge in [0, 0.05) is 11.8 Å². The Hall–Kier alpha value is -3.66. The van der Waals surface area contributed by atoms with Crippen molar-refractivity contribution >= 4 is 28.8 Å². The molecule has 3 heterocycles. The van der Waals surface area contributed by atoms with Crippen molar-refractivity contribution in [3.63, 3.8) is 0 Å². The van der Waals surface area contributed by atoms with Gasteiger partial charge in [-0.3, -0.25) is 4.40 Å². The Kier molecular flexibility index (Phi) is 4.91. The van der Waals surface area contributed by atoms with Crippen LogP contribution in [-0.2, 0) is 6.54 Å². The number of hydrogen-bond donors (Lipinski definition) is 0. The van der Waals surface area contributed by atoms with Crippen molar-refractivity contribution in [3.05, 3.63) is 94.2 Å². The second-order valence-corrected chi connectivity index (χ2v) is 7.79. The molecule has 0 atom stereocenters. The number of aromatic nitrogens is 5. The minimum atomic E-state index is 0.504. The molecule has 150 valence electrons. The highest BCUT2D eigenvalue weighted by Gasteiger charge is 2.18. The number of hydrogen-bond acceptors (Lipinski definition) is 4. The molecule has 0 fully saturated rings. The van der Waals surface area contributed by atoms with E-state index >= 15 is 0 Å². The van der Waals surface area contributed by atoms with Gasteiger partial charge < -0.3 is 0 Å². The maximum atomic E-state index is 9.10. The second kappa shape index (κ2) is 7.88. The molecule has 0 N–H and O–H groups in total. The first-order chi connectivity index (χ1) is 15.1. The van der Waals surface area contributed by atoms with Crippen molar-refractivity contribution in [1.29, 1.82) is 5.26 Å². The Morgan fingerprint density at radius 3 is 2.58 bits per heavy atom. The van der Waals surface area contributed by atoms with E-state index in [-0.39, 0.29) is 0 Å². The molecule has 8 heteroatoms. The zero-order chi connectivity index (χ0) is 21.4. The Balaban J connectivity index is 1.58. The SMILES string of the molecule is N#Cc1ccc(-c2nc3ccccn3c2-c2cn(Cc3ccc(Cl)c(Cl)c3)nn2)cc1. The van der Waals surface area contributed by atoms with Crippen LogP contribution in [0.5, 0.6) is 0 Å². The van der Waals surface area contributed by atoms with Crippen LogP contribution >= 0.6 is 23.2 Å². The zero-order valence-corrected chi connectivity index (χ0v) is 17.6. The molecular weight excluding hydrogens is 431 g/mol. The summed E-state index contributed by atoms with van der Waals surface area (Å²) >= 11 is 12.1. The number of halogens is 2. The minimum absolute atomic E-state index is 0.504. The van der Waals surface area contributed by atoms with E-state index in [1.807, 2.05) is 59.3 Å². The van der Waals surface area contributed by atoms with Gasteiger partial charge in [-0.05, 0) is 42.0 Å². The number of nitrogens with zero attached hydrogens (tertiary/aromatic N) is 6. The first-order valence-electron chi connectivity index (χ1n) is 9.44. The fourth-order valence-corrected chi connectivity index (χ4v) is 3.77. The minimum Gasteiger partial charge on any atom is -0.298 e. The topological polar surface area (TPSA) is 71.8 Å². The third-order valence-corrected chi connectivity index (χ3v) is 5.67. The van der Waals surface area contributed by atoms with Gasteiger partial charge in [0.15, 0.2) is 0 Å². The monoisotopic (exact) mass is 444 g/mol. The molecule has 31 heavy (non-hydrogen) atoms. The first-order valence-corrected chi connectivity index (χ1v) is 10.2. The van der Waals surface area contributed by atoms with Gasteiger partial charge in [-0.2, -0.15) is 5.26 Å². The highest BCUT2D eigenvalue weighted by atomic mass is 35.5. The molecule has 2 aromatic carbocycles. The highest BCUT2D eigenvalue weighted by molar-refractivity contribution is 6.42. The molecule has 0 radical (unpaired) electrons. The summed E-state index contributed by atoms with van der Waals surface area (Å²) in [6.45, 7) is 0.507. The molecule has 3 aromatic heterocycles. The van der Waals surface area contributed by atoms with E-state index in [4.69, 9.17) is 33.4 Å². The van der Waals surface area contributed by atoms with Gasteiger partial charge in [0.1, 0.15) is 17.0 Å². The highest BCUT2D eigenvalue weighted by Crippen LogP contribution is 2.32. The van der Waals surface area contributed by atoms with Crippen LogP contribution in [0, 0.1) is 11.3 Å². The van der Waals surface area contributed by atoms with Gasteiger partial charge in [0.2, 0.25) is 0 Å². The molecular formula is C23H14Cl2N6. The lowest BCUT2D eigenvalue weighted by atomic mass is 10.1. The summed E-state index contributed by atoms with van der Waals surface area (Å²) in [5.41, 5.74) is 5.57. The Morgan fingerprint density at radius 1 is 0.968 bits per heavy atom. The standard InChI is InChI=1S/C23H14Cl2N6/c24-18-9-6-16(11-19(18)25)13-30-14-20(28-29-30)23-22(17-7-4-15(12-26)5-8-17)27-21-3-1-2-10-31(21)23/h1-11,14H,13H2. The largest absolute Gasteiger partial charge is 0.298 e. The molecule has 6 nitrogen and oxygen atoms in total. The molecule has 0 saturated heterocycles. The van der Waals surface area contributed by atoms with E-state index in [9.17, 15) is 0 Å². The summed E-state index contributed by atoms with van der Waals surface area (Å²) in [7, 11) is 0. The molecule has 0 aliphatic rings. The van der Waals surface area contributed by atoms with Crippen molar-refractivity contribution < 1.29 is 0 Å². The maximum absolute atomic E-state index is 9.10. The molecule has 0 bridgehead atoms. The lowest BCUT2D eigenvalue weighted by Crippen LogP contribution is -2.00. The van der Waals surface area contributed by atoms with Crippen molar-refractivity contribution in [1.82, 2.24) is 24.4 Å². The fourth-order valence-electron chi connectivity index (χ4n) is 3.45. The van der Waals surface area contributed by atoms with Gasteiger partial charge in [0.05, 0.1) is 40.1 Å². The van der Waals surface area contributed by atoms with Crippen molar-refractivity contribution in [2.45, 2.75) is 6.54 Å². The van der Waals surface area contributed by atoms with E-state index in [0.29, 0.717) is 27.8 Å². The van der Waals surface area contributed by atoms with Gasteiger partial charge >= 0.3 is 0 Å². The molecule has 0 spiro atoms. The van der Waals surface area contributed by atoms with E-state index in [1.54, 1.807) is 22.9 Å². The van der Waals surface area contributed by atoms with Crippen LogP contribution in [-0.4, -0.2) is 24.4 Å². The van der Waals surface area contributed by atoms with Crippen LogP contribution in [0.25, 0.3) is 28.3 Å². The summed E-state index contributed by atoms with van der Waals surface area (Å²) in [6, 6.07) is 20.8. The normalized spacial score (nSPS) is 11.0. The van der Waals surface area contributed by atoms with Gasteiger partial charge in [0.25, 0.3) is 0 Å².